The topological polar surface area (TPSA) is 0 Å². The summed E-state index contributed by atoms with van der Waals surface area (Å²) < 4.78 is 12.6. The lowest BCUT2D eigenvalue weighted by Crippen LogP contribution is -2.25. The van der Waals surface area contributed by atoms with Gasteiger partial charge < -0.3 is 0 Å². The third-order valence-corrected chi connectivity index (χ3v) is 5.06. The number of halogens is 1. The van der Waals surface area contributed by atoms with Crippen LogP contribution in [0.4, 0.5) is 4.39 Å². The molecule has 2 aliphatic rings. The van der Waals surface area contributed by atoms with Gasteiger partial charge in [-0.05, 0) is 82.0 Å². The van der Waals surface area contributed by atoms with E-state index in [0.717, 1.165) is 30.6 Å². The van der Waals surface area contributed by atoms with Crippen LogP contribution in [0.1, 0.15) is 58.3 Å². The molecule has 2 fully saturated rings. The molecule has 2 rings (SSSR count). The Morgan fingerprint density at radius 1 is 0.882 bits per heavy atom. The van der Waals surface area contributed by atoms with Gasteiger partial charge in [0.25, 0.3) is 0 Å². The predicted molar refractivity (Wildman–Crippen MR) is 71.7 cm³/mol. The molecule has 0 amide bonds. The largest absolute Gasteiger partial charge is 0.251 e. The average molecular weight is 238 g/mol. The van der Waals surface area contributed by atoms with Crippen molar-refractivity contribution in [3.63, 3.8) is 0 Å². The molecule has 1 heteroatoms. The molecule has 0 saturated heterocycles. The highest BCUT2D eigenvalue weighted by Gasteiger charge is 2.30. The molecule has 0 atom stereocenters. The summed E-state index contributed by atoms with van der Waals surface area (Å²) in [4.78, 5) is 0. The molecule has 2 aliphatic carbocycles. The summed E-state index contributed by atoms with van der Waals surface area (Å²) in [5.74, 6) is 3.12. The van der Waals surface area contributed by atoms with Crippen LogP contribution in [0, 0.1) is 23.7 Å². The van der Waals surface area contributed by atoms with Gasteiger partial charge in [-0.1, -0.05) is 12.2 Å². The van der Waals surface area contributed by atoms with Crippen molar-refractivity contribution in [2.24, 2.45) is 23.7 Å². The maximum atomic E-state index is 12.6. The maximum absolute atomic E-state index is 12.6. The Morgan fingerprint density at radius 2 is 1.41 bits per heavy atom. The number of hydrogen-bond donors (Lipinski definition) is 0. The highest BCUT2D eigenvalue weighted by molar-refractivity contribution is 4.90. The predicted octanol–water partition coefficient (Wildman–Crippen LogP) is 5.14. The summed E-state index contributed by atoms with van der Waals surface area (Å²) >= 11 is 0. The quantitative estimate of drug-likeness (QED) is 0.597. The molecule has 98 valence electrons. The molecule has 0 unspecified atom stereocenters. The summed E-state index contributed by atoms with van der Waals surface area (Å²) in [6, 6.07) is 0. The molecular formula is C16H27F. The zero-order valence-electron chi connectivity index (χ0n) is 11.2. The SMILES string of the molecule is CC=CC1CCC(C2CCC(CF)CC2)CC1. The number of alkyl halides is 1. The normalized spacial score (nSPS) is 39.6. The second-order valence-electron chi connectivity index (χ2n) is 6.14. The Morgan fingerprint density at radius 3 is 1.88 bits per heavy atom. The van der Waals surface area contributed by atoms with Gasteiger partial charge in [0, 0.05) is 0 Å². The summed E-state index contributed by atoms with van der Waals surface area (Å²) in [6.07, 6.45) is 15.1. The van der Waals surface area contributed by atoms with Gasteiger partial charge in [0.15, 0.2) is 0 Å². The Labute approximate surface area is 106 Å². The van der Waals surface area contributed by atoms with Crippen LogP contribution in [0.25, 0.3) is 0 Å². The van der Waals surface area contributed by atoms with Crippen LogP contribution in [0.2, 0.25) is 0 Å². The van der Waals surface area contributed by atoms with Crippen molar-refractivity contribution < 1.29 is 4.39 Å². The van der Waals surface area contributed by atoms with Gasteiger partial charge in [-0.2, -0.15) is 0 Å². The fourth-order valence-corrected chi connectivity index (χ4v) is 3.89. The molecule has 0 aromatic heterocycles. The van der Waals surface area contributed by atoms with Crippen LogP contribution in [-0.4, -0.2) is 6.67 Å². The van der Waals surface area contributed by atoms with E-state index in [-0.39, 0.29) is 6.67 Å². The molecule has 0 aromatic carbocycles. The first kappa shape index (κ1) is 13.1. The highest BCUT2D eigenvalue weighted by Crippen LogP contribution is 2.41. The van der Waals surface area contributed by atoms with Crippen LogP contribution < -0.4 is 0 Å². The van der Waals surface area contributed by atoms with Crippen molar-refractivity contribution in [3.05, 3.63) is 12.2 Å². The Hall–Kier alpha value is -0.330. The number of allylic oxidation sites excluding steroid dienone is 2. The van der Waals surface area contributed by atoms with Crippen LogP contribution in [0.5, 0.6) is 0 Å². The highest BCUT2D eigenvalue weighted by atomic mass is 19.1. The summed E-state index contributed by atoms with van der Waals surface area (Å²) in [7, 11) is 0. The molecule has 0 heterocycles. The van der Waals surface area contributed by atoms with E-state index in [2.05, 4.69) is 19.1 Å². The third kappa shape index (κ3) is 3.56. The van der Waals surface area contributed by atoms with Gasteiger partial charge in [-0.3, -0.25) is 4.39 Å². The van der Waals surface area contributed by atoms with Gasteiger partial charge in [-0.25, -0.2) is 0 Å². The van der Waals surface area contributed by atoms with Gasteiger partial charge in [0.2, 0.25) is 0 Å². The fourth-order valence-electron chi connectivity index (χ4n) is 3.89. The molecule has 0 aromatic rings. The van der Waals surface area contributed by atoms with Crippen LogP contribution in [0.15, 0.2) is 12.2 Å². The lowest BCUT2D eigenvalue weighted by atomic mass is 9.69. The van der Waals surface area contributed by atoms with Crippen LogP contribution >= 0.6 is 0 Å². The van der Waals surface area contributed by atoms with Gasteiger partial charge in [-0.15, -0.1) is 0 Å². The van der Waals surface area contributed by atoms with E-state index in [1.54, 1.807) is 0 Å². The zero-order valence-corrected chi connectivity index (χ0v) is 11.2. The smallest absolute Gasteiger partial charge is 0.0922 e. The Kier molecular flexibility index (Phi) is 5.06. The van der Waals surface area contributed by atoms with Crippen molar-refractivity contribution in [1.29, 1.82) is 0 Å². The van der Waals surface area contributed by atoms with E-state index in [4.69, 9.17) is 0 Å². The molecule has 17 heavy (non-hydrogen) atoms. The molecule has 0 N–H and O–H groups in total. The summed E-state index contributed by atoms with van der Waals surface area (Å²) in [5.41, 5.74) is 0. The second-order valence-corrected chi connectivity index (χ2v) is 6.14. The van der Waals surface area contributed by atoms with Gasteiger partial charge in [0.1, 0.15) is 0 Å². The minimum Gasteiger partial charge on any atom is -0.251 e. The van der Waals surface area contributed by atoms with Crippen molar-refractivity contribution in [3.8, 4) is 0 Å². The molecule has 0 radical (unpaired) electrons. The zero-order chi connectivity index (χ0) is 12.1. The first-order valence-corrected chi connectivity index (χ1v) is 7.52. The first-order valence-electron chi connectivity index (χ1n) is 7.52. The Balaban J connectivity index is 1.74. The third-order valence-electron chi connectivity index (χ3n) is 5.06. The van der Waals surface area contributed by atoms with E-state index < -0.39 is 0 Å². The van der Waals surface area contributed by atoms with Crippen LogP contribution in [-0.2, 0) is 0 Å². The average Bonchev–Trinajstić information content (AvgIpc) is 2.40. The lowest BCUT2D eigenvalue weighted by molar-refractivity contribution is 0.144. The molecule has 0 spiro atoms. The lowest BCUT2D eigenvalue weighted by Gasteiger charge is -2.36. The van der Waals surface area contributed by atoms with E-state index in [9.17, 15) is 4.39 Å². The van der Waals surface area contributed by atoms with Crippen molar-refractivity contribution in [2.45, 2.75) is 58.3 Å². The van der Waals surface area contributed by atoms with Crippen LogP contribution in [0.3, 0.4) is 0 Å². The Bertz CT molecular complexity index is 230. The number of rotatable bonds is 3. The summed E-state index contributed by atoms with van der Waals surface area (Å²) in [6.45, 7) is 2.05. The van der Waals surface area contributed by atoms with E-state index in [1.807, 2.05) is 0 Å². The molecular weight excluding hydrogens is 211 g/mol. The second kappa shape index (κ2) is 6.56. The minimum atomic E-state index is -0.0826. The molecule has 0 nitrogen and oxygen atoms in total. The minimum absolute atomic E-state index is 0.0826. The van der Waals surface area contributed by atoms with Gasteiger partial charge in [0.05, 0.1) is 6.67 Å². The first-order chi connectivity index (χ1) is 8.33. The van der Waals surface area contributed by atoms with E-state index in [1.165, 1.54) is 38.5 Å². The van der Waals surface area contributed by atoms with Crippen molar-refractivity contribution in [1.82, 2.24) is 0 Å². The van der Waals surface area contributed by atoms with E-state index in [0.29, 0.717) is 5.92 Å². The number of hydrogen-bond acceptors (Lipinski definition) is 0. The fraction of sp³-hybridized carbons (Fsp3) is 0.875. The van der Waals surface area contributed by atoms with E-state index >= 15 is 0 Å². The monoisotopic (exact) mass is 238 g/mol. The van der Waals surface area contributed by atoms with Crippen molar-refractivity contribution in [2.75, 3.05) is 6.67 Å². The molecule has 2 saturated carbocycles. The maximum Gasteiger partial charge on any atom is 0.0922 e. The van der Waals surface area contributed by atoms with Crippen molar-refractivity contribution >= 4 is 0 Å². The van der Waals surface area contributed by atoms with Gasteiger partial charge >= 0.3 is 0 Å². The molecule has 0 bridgehead atoms. The molecule has 0 aliphatic heterocycles. The standard InChI is InChI=1S/C16H27F/c1-2-3-13-4-8-15(9-5-13)16-10-6-14(12-17)7-11-16/h2-3,13-16H,4-12H2,1H3. The summed E-state index contributed by atoms with van der Waals surface area (Å²) in [5, 5.41) is 0.